The van der Waals surface area contributed by atoms with Gasteiger partial charge in [-0.05, 0) is 32.6 Å². The molecular formula is C14H26N2O2. The zero-order valence-corrected chi connectivity index (χ0v) is 11.8. The topological polar surface area (TPSA) is 55.6 Å². The first-order valence-corrected chi connectivity index (χ1v) is 7.19. The van der Waals surface area contributed by atoms with Gasteiger partial charge in [-0.15, -0.1) is 0 Å². The van der Waals surface area contributed by atoms with Gasteiger partial charge in [-0.1, -0.05) is 13.3 Å². The first-order valence-electron chi connectivity index (χ1n) is 7.19. The van der Waals surface area contributed by atoms with Crippen molar-refractivity contribution in [2.75, 3.05) is 13.1 Å². The number of ether oxygens (including phenoxy) is 1. The van der Waals surface area contributed by atoms with Crippen molar-refractivity contribution in [1.82, 2.24) is 4.90 Å². The molecule has 2 rings (SSSR count). The van der Waals surface area contributed by atoms with Crippen molar-refractivity contribution < 1.29 is 9.53 Å². The second-order valence-corrected chi connectivity index (χ2v) is 6.09. The molecule has 5 atom stereocenters. The molecule has 4 heteroatoms. The molecule has 2 aliphatic rings. The van der Waals surface area contributed by atoms with Crippen LogP contribution in [0.15, 0.2) is 0 Å². The molecule has 0 spiro atoms. The van der Waals surface area contributed by atoms with Crippen molar-refractivity contribution in [2.45, 2.75) is 58.3 Å². The highest BCUT2D eigenvalue weighted by atomic mass is 16.5. The molecule has 1 saturated carbocycles. The molecule has 0 aromatic rings. The predicted molar refractivity (Wildman–Crippen MR) is 71.1 cm³/mol. The molecule has 1 aliphatic heterocycles. The summed E-state index contributed by atoms with van der Waals surface area (Å²) in [5, 5.41) is 0. The standard InChI is InChI=1S/C14H26N2O2/c1-9-5-4-6-12(13(9)15)14(17)16-7-10(2)18-11(3)8-16/h9-13H,4-8,15H2,1-3H3/t9?,10-,11+,12?,13?. The van der Waals surface area contributed by atoms with E-state index < -0.39 is 0 Å². The minimum absolute atomic E-state index is 0.0197. The van der Waals surface area contributed by atoms with Crippen molar-refractivity contribution >= 4 is 5.91 Å². The lowest BCUT2D eigenvalue weighted by molar-refractivity contribution is -0.149. The number of carbonyl (C=O) groups excluding carboxylic acids is 1. The summed E-state index contributed by atoms with van der Waals surface area (Å²) in [4.78, 5) is 14.6. The van der Waals surface area contributed by atoms with Crippen LogP contribution in [0.4, 0.5) is 0 Å². The van der Waals surface area contributed by atoms with Crippen LogP contribution >= 0.6 is 0 Å². The molecule has 1 heterocycles. The molecule has 1 amide bonds. The molecule has 1 aliphatic carbocycles. The monoisotopic (exact) mass is 254 g/mol. The highest BCUT2D eigenvalue weighted by molar-refractivity contribution is 5.80. The van der Waals surface area contributed by atoms with Crippen molar-refractivity contribution in [3.63, 3.8) is 0 Å². The van der Waals surface area contributed by atoms with Gasteiger partial charge in [-0.25, -0.2) is 0 Å². The van der Waals surface area contributed by atoms with Gasteiger partial charge in [-0.2, -0.15) is 0 Å². The zero-order valence-electron chi connectivity index (χ0n) is 11.8. The number of amides is 1. The van der Waals surface area contributed by atoms with Crippen LogP contribution in [0.25, 0.3) is 0 Å². The third-order valence-corrected chi connectivity index (χ3v) is 4.34. The Kier molecular flexibility index (Phi) is 4.28. The molecule has 0 aromatic carbocycles. The van der Waals surface area contributed by atoms with Gasteiger partial charge in [0.1, 0.15) is 0 Å². The molecular weight excluding hydrogens is 228 g/mol. The third-order valence-electron chi connectivity index (χ3n) is 4.34. The Morgan fingerprint density at radius 3 is 2.39 bits per heavy atom. The van der Waals surface area contributed by atoms with Gasteiger partial charge < -0.3 is 15.4 Å². The summed E-state index contributed by atoms with van der Waals surface area (Å²) >= 11 is 0. The highest BCUT2D eigenvalue weighted by Gasteiger charge is 2.37. The second-order valence-electron chi connectivity index (χ2n) is 6.09. The van der Waals surface area contributed by atoms with E-state index >= 15 is 0 Å². The Morgan fingerprint density at radius 2 is 1.78 bits per heavy atom. The van der Waals surface area contributed by atoms with Gasteiger partial charge in [0, 0.05) is 19.1 Å². The average Bonchev–Trinajstić information content (AvgIpc) is 2.30. The molecule has 1 saturated heterocycles. The average molecular weight is 254 g/mol. The van der Waals surface area contributed by atoms with E-state index in [1.165, 1.54) is 0 Å². The van der Waals surface area contributed by atoms with Crippen LogP contribution in [0.1, 0.15) is 40.0 Å². The van der Waals surface area contributed by atoms with Crippen LogP contribution in [0.3, 0.4) is 0 Å². The number of hydrogen-bond donors (Lipinski definition) is 1. The number of rotatable bonds is 1. The van der Waals surface area contributed by atoms with Gasteiger partial charge in [0.15, 0.2) is 0 Å². The van der Waals surface area contributed by atoms with E-state index in [2.05, 4.69) is 6.92 Å². The first kappa shape index (κ1) is 13.8. The van der Waals surface area contributed by atoms with Crippen LogP contribution in [0.5, 0.6) is 0 Å². The summed E-state index contributed by atoms with van der Waals surface area (Å²) in [5.41, 5.74) is 6.22. The Hall–Kier alpha value is -0.610. The molecule has 0 aromatic heterocycles. The molecule has 0 radical (unpaired) electrons. The van der Waals surface area contributed by atoms with Crippen molar-refractivity contribution in [3.8, 4) is 0 Å². The van der Waals surface area contributed by atoms with E-state index in [-0.39, 0.29) is 30.1 Å². The lowest BCUT2D eigenvalue weighted by atomic mass is 9.77. The van der Waals surface area contributed by atoms with Gasteiger partial charge >= 0.3 is 0 Å². The maximum absolute atomic E-state index is 12.6. The Morgan fingerprint density at radius 1 is 1.17 bits per heavy atom. The van der Waals surface area contributed by atoms with Gasteiger partial charge in [-0.3, -0.25) is 4.79 Å². The summed E-state index contributed by atoms with van der Waals surface area (Å²) in [7, 11) is 0. The molecule has 2 N–H and O–H groups in total. The van der Waals surface area contributed by atoms with Crippen LogP contribution < -0.4 is 5.73 Å². The molecule has 104 valence electrons. The van der Waals surface area contributed by atoms with Crippen LogP contribution in [0.2, 0.25) is 0 Å². The molecule has 2 fully saturated rings. The van der Waals surface area contributed by atoms with Crippen molar-refractivity contribution in [3.05, 3.63) is 0 Å². The largest absolute Gasteiger partial charge is 0.372 e. The Labute approximate surface area is 110 Å². The smallest absolute Gasteiger partial charge is 0.227 e. The van der Waals surface area contributed by atoms with Gasteiger partial charge in [0.2, 0.25) is 5.91 Å². The van der Waals surface area contributed by atoms with E-state index in [4.69, 9.17) is 10.5 Å². The molecule has 18 heavy (non-hydrogen) atoms. The van der Waals surface area contributed by atoms with Crippen LogP contribution in [0, 0.1) is 11.8 Å². The fraction of sp³-hybridized carbons (Fsp3) is 0.929. The van der Waals surface area contributed by atoms with Gasteiger partial charge in [0.25, 0.3) is 0 Å². The minimum atomic E-state index is 0.0197. The summed E-state index contributed by atoms with van der Waals surface area (Å²) in [6, 6.07) is 0.0275. The summed E-state index contributed by atoms with van der Waals surface area (Å²) in [6.45, 7) is 7.63. The van der Waals surface area contributed by atoms with Crippen LogP contribution in [-0.2, 0) is 9.53 Å². The number of hydrogen-bond acceptors (Lipinski definition) is 3. The maximum Gasteiger partial charge on any atom is 0.227 e. The molecule has 3 unspecified atom stereocenters. The van der Waals surface area contributed by atoms with Gasteiger partial charge in [0.05, 0.1) is 18.1 Å². The van der Waals surface area contributed by atoms with E-state index in [1.54, 1.807) is 0 Å². The lowest BCUT2D eigenvalue weighted by Gasteiger charge is -2.40. The number of nitrogens with zero attached hydrogens (tertiary/aromatic N) is 1. The molecule has 0 bridgehead atoms. The summed E-state index contributed by atoms with van der Waals surface area (Å²) in [6.07, 6.45) is 3.50. The fourth-order valence-electron chi connectivity index (χ4n) is 3.32. The fourth-order valence-corrected chi connectivity index (χ4v) is 3.32. The first-order chi connectivity index (χ1) is 8.49. The van der Waals surface area contributed by atoms with E-state index in [0.29, 0.717) is 19.0 Å². The highest BCUT2D eigenvalue weighted by Crippen LogP contribution is 2.30. The van der Waals surface area contributed by atoms with E-state index in [0.717, 1.165) is 19.3 Å². The van der Waals surface area contributed by atoms with Crippen molar-refractivity contribution in [1.29, 1.82) is 0 Å². The summed E-state index contributed by atoms with van der Waals surface area (Å²) < 4.78 is 5.68. The Balaban J connectivity index is 2.01. The molecule has 4 nitrogen and oxygen atoms in total. The second kappa shape index (κ2) is 5.57. The zero-order chi connectivity index (χ0) is 13.3. The summed E-state index contributed by atoms with van der Waals surface area (Å²) in [5.74, 6) is 0.728. The number of morpholine rings is 1. The Bertz CT molecular complexity index is 298. The predicted octanol–water partition coefficient (Wildman–Crippen LogP) is 1.39. The maximum atomic E-state index is 12.6. The normalized spacial score (nSPS) is 41.8. The third kappa shape index (κ3) is 2.86. The van der Waals surface area contributed by atoms with Crippen molar-refractivity contribution in [2.24, 2.45) is 17.6 Å². The number of carbonyl (C=O) groups is 1. The van der Waals surface area contributed by atoms with E-state index in [1.807, 2.05) is 18.7 Å². The number of nitrogens with two attached hydrogens (primary N) is 1. The SMILES string of the molecule is CC1CCCC(C(=O)N2C[C@@H](C)O[C@@H](C)C2)C1N. The minimum Gasteiger partial charge on any atom is -0.372 e. The quantitative estimate of drug-likeness (QED) is 0.769. The lowest BCUT2D eigenvalue weighted by Crippen LogP contribution is -2.54. The van der Waals surface area contributed by atoms with Crippen LogP contribution in [-0.4, -0.2) is 42.1 Å². The van der Waals surface area contributed by atoms with E-state index in [9.17, 15) is 4.79 Å².